The van der Waals surface area contributed by atoms with E-state index < -0.39 is 5.97 Å². The third-order valence-electron chi connectivity index (χ3n) is 3.11. The SMILES string of the molecule is CCC(C)N(C)C(=O)Nc1cccc(CC(=O)O)c1. The lowest BCUT2D eigenvalue weighted by atomic mass is 10.1. The van der Waals surface area contributed by atoms with Gasteiger partial charge in [-0.3, -0.25) is 4.79 Å². The summed E-state index contributed by atoms with van der Waals surface area (Å²) in [5.74, 6) is -0.889. The second-order valence-electron chi connectivity index (χ2n) is 4.57. The molecule has 1 atom stereocenters. The summed E-state index contributed by atoms with van der Waals surface area (Å²) in [6.07, 6.45) is 0.827. The van der Waals surface area contributed by atoms with Crippen LogP contribution in [0.2, 0.25) is 0 Å². The fourth-order valence-electron chi connectivity index (χ4n) is 1.62. The maximum absolute atomic E-state index is 11.9. The molecule has 5 heteroatoms. The van der Waals surface area contributed by atoms with Crippen LogP contribution in [0, 0.1) is 0 Å². The monoisotopic (exact) mass is 264 g/mol. The Labute approximate surface area is 113 Å². The number of carbonyl (C=O) groups excluding carboxylic acids is 1. The standard InChI is InChI=1S/C14H20N2O3/c1-4-10(2)16(3)14(19)15-12-7-5-6-11(8-12)9-13(17)18/h5-8,10H,4,9H2,1-3H3,(H,15,19)(H,17,18). The fraction of sp³-hybridized carbons (Fsp3) is 0.429. The van der Waals surface area contributed by atoms with E-state index in [0.29, 0.717) is 11.3 Å². The molecule has 0 saturated carbocycles. The molecule has 5 nitrogen and oxygen atoms in total. The molecule has 1 unspecified atom stereocenters. The average molecular weight is 264 g/mol. The van der Waals surface area contributed by atoms with Crippen LogP contribution < -0.4 is 5.32 Å². The van der Waals surface area contributed by atoms with Crippen molar-refractivity contribution in [2.24, 2.45) is 0 Å². The largest absolute Gasteiger partial charge is 0.481 e. The van der Waals surface area contributed by atoms with Crippen molar-refractivity contribution in [3.8, 4) is 0 Å². The highest BCUT2D eigenvalue weighted by Gasteiger charge is 2.14. The van der Waals surface area contributed by atoms with Gasteiger partial charge in [-0.2, -0.15) is 0 Å². The number of carboxylic acids is 1. The van der Waals surface area contributed by atoms with Crippen molar-refractivity contribution in [2.45, 2.75) is 32.7 Å². The molecule has 104 valence electrons. The Balaban J connectivity index is 2.71. The minimum absolute atomic E-state index is 0.0507. The quantitative estimate of drug-likeness (QED) is 0.858. The molecule has 0 heterocycles. The number of benzene rings is 1. The number of amides is 2. The zero-order valence-corrected chi connectivity index (χ0v) is 11.5. The average Bonchev–Trinajstić information content (AvgIpc) is 2.36. The number of hydrogen-bond donors (Lipinski definition) is 2. The zero-order valence-electron chi connectivity index (χ0n) is 11.5. The summed E-state index contributed by atoms with van der Waals surface area (Å²) in [6.45, 7) is 3.99. The number of aliphatic carboxylic acids is 1. The highest BCUT2D eigenvalue weighted by atomic mass is 16.4. The second kappa shape index (κ2) is 6.78. The number of rotatable bonds is 5. The Morgan fingerprint density at radius 2 is 2.11 bits per heavy atom. The van der Waals surface area contributed by atoms with Crippen LogP contribution in [0.25, 0.3) is 0 Å². The Morgan fingerprint density at radius 3 is 2.68 bits per heavy atom. The lowest BCUT2D eigenvalue weighted by molar-refractivity contribution is -0.136. The van der Waals surface area contributed by atoms with Crippen LogP contribution in [-0.2, 0) is 11.2 Å². The fourth-order valence-corrected chi connectivity index (χ4v) is 1.62. The van der Waals surface area contributed by atoms with Crippen molar-refractivity contribution >= 4 is 17.7 Å². The van der Waals surface area contributed by atoms with Crippen LogP contribution in [0.4, 0.5) is 10.5 Å². The summed E-state index contributed by atoms with van der Waals surface area (Å²) in [5.41, 5.74) is 1.27. The van der Waals surface area contributed by atoms with Gasteiger partial charge in [0.15, 0.2) is 0 Å². The predicted molar refractivity (Wildman–Crippen MR) is 74.3 cm³/mol. The molecule has 0 aliphatic rings. The number of nitrogens with zero attached hydrogens (tertiary/aromatic N) is 1. The summed E-state index contributed by atoms with van der Waals surface area (Å²) < 4.78 is 0. The molecule has 0 saturated heterocycles. The van der Waals surface area contributed by atoms with E-state index in [2.05, 4.69) is 5.32 Å². The van der Waals surface area contributed by atoms with Gasteiger partial charge in [0.05, 0.1) is 6.42 Å². The van der Waals surface area contributed by atoms with Crippen molar-refractivity contribution < 1.29 is 14.7 Å². The van der Waals surface area contributed by atoms with Gasteiger partial charge >= 0.3 is 12.0 Å². The van der Waals surface area contributed by atoms with E-state index in [1.165, 1.54) is 0 Å². The molecule has 0 radical (unpaired) electrons. The first-order valence-electron chi connectivity index (χ1n) is 6.28. The van der Waals surface area contributed by atoms with Crippen molar-refractivity contribution in [3.05, 3.63) is 29.8 Å². The molecule has 1 aromatic rings. The molecule has 2 N–H and O–H groups in total. The minimum Gasteiger partial charge on any atom is -0.481 e. The molecule has 0 fully saturated rings. The van der Waals surface area contributed by atoms with Crippen LogP contribution >= 0.6 is 0 Å². The van der Waals surface area contributed by atoms with E-state index >= 15 is 0 Å². The summed E-state index contributed by atoms with van der Waals surface area (Å²) in [7, 11) is 1.74. The van der Waals surface area contributed by atoms with E-state index in [0.717, 1.165) is 6.42 Å². The highest BCUT2D eigenvalue weighted by Crippen LogP contribution is 2.13. The summed E-state index contributed by atoms with van der Waals surface area (Å²) in [5, 5.41) is 11.5. The number of anilines is 1. The Morgan fingerprint density at radius 1 is 1.42 bits per heavy atom. The van der Waals surface area contributed by atoms with Crippen molar-refractivity contribution in [1.29, 1.82) is 0 Å². The van der Waals surface area contributed by atoms with Crippen molar-refractivity contribution in [1.82, 2.24) is 4.90 Å². The topological polar surface area (TPSA) is 69.6 Å². The zero-order chi connectivity index (χ0) is 14.4. The van der Waals surface area contributed by atoms with Gasteiger partial charge < -0.3 is 15.3 Å². The maximum Gasteiger partial charge on any atom is 0.321 e. The van der Waals surface area contributed by atoms with Crippen molar-refractivity contribution in [3.63, 3.8) is 0 Å². The Bertz CT molecular complexity index is 460. The highest BCUT2D eigenvalue weighted by molar-refractivity contribution is 5.89. The lowest BCUT2D eigenvalue weighted by Crippen LogP contribution is -2.37. The number of hydrogen-bond acceptors (Lipinski definition) is 2. The summed E-state index contributed by atoms with van der Waals surface area (Å²) in [4.78, 5) is 24.2. The molecule has 0 aliphatic carbocycles. The van der Waals surface area contributed by atoms with Gasteiger partial charge in [-0.05, 0) is 31.0 Å². The number of carboxylic acid groups (broad SMARTS) is 1. The van der Waals surface area contributed by atoms with Gasteiger partial charge in [-0.25, -0.2) is 4.79 Å². The van der Waals surface area contributed by atoms with Gasteiger partial charge in [0.25, 0.3) is 0 Å². The van der Waals surface area contributed by atoms with Crippen molar-refractivity contribution in [2.75, 3.05) is 12.4 Å². The Kier molecular flexibility index (Phi) is 5.36. The molecule has 2 amide bonds. The van der Waals surface area contributed by atoms with E-state index in [1.54, 1.807) is 36.2 Å². The van der Waals surface area contributed by atoms with E-state index in [1.807, 2.05) is 13.8 Å². The molecule has 1 aromatic carbocycles. The molecular formula is C14H20N2O3. The molecule has 0 aromatic heterocycles. The van der Waals surface area contributed by atoms with Gasteiger partial charge in [0.1, 0.15) is 0 Å². The third kappa shape index (κ3) is 4.62. The number of carbonyl (C=O) groups is 2. The van der Waals surface area contributed by atoms with E-state index in [9.17, 15) is 9.59 Å². The first kappa shape index (κ1) is 15.0. The molecule has 0 spiro atoms. The lowest BCUT2D eigenvalue weighted by Gasteiger charge is -2.24. The molecule has 0 bridgehead atoms. The van der Waals surface area contributed by atoms with Crippen LogP contribution in [0.5, 0.6) is 0 Å². The maximum atomic E-state index is 11.9. The van der Waals surface area contributed by atoms with E-state index in [4.69, 9.17) is 5.11 Å². The van der Waals surface area contributed by atoms with Crippen LogP contribution in [0.1, 0.15) is 25.8 Å². The first-order valence-corrected chi connectivity index (χ1v) is 6.28. The number of urea groups is 1. The first-order chi connectivity index (χ1) is 8.93. The molecule has 19 heavy (non-hydrogen) atoms. The van der Waals surface area contributed by atoms with Crippen LogP contribution in [0.3, 0.4) is 0 Å². The normalized spacial score (nSPS) is 11.7. The smallest absolute Gasteiger partial charge is 0.321 e. The van der Waals surface area contributed by atoms with Crippen LogP contribution in [0.15, 0.2) is 24.3 Å². The second-order valence-corrected chi connectivity index (χ2v) is 4.57. The van der Waals surface area contributed by atoms with E-state index in [-0.39, 0.29) is 18.5 Å². The van der Waals surface area contributed by atoms with Crippen LogP contribution in [-0.4, -0.2) is 35.1 Å². The Hall–Kier alpha value is -2.04. The van der Waals surface area contributed by atoms with Gasteiger partial charge in [-0.15, -0.1) is 0 Å². The number of nitrogens with one attached hydrogen (secondary N) is 1. The van der Waals surface area contributed by atoms with Gasteiger partial charge in [-0.1, -0.05) is 19.1 Å². The molecule has 0 aliphatic heterocycles. The predicted octanol–water partition coefficient (Wildman–Crippen LogP) is 2.58. The molecular weight excluding hydrogens is 244 g/mol. The third-order valence-corrected chi connectivity index (χ3v) is 3.11. The molecule has 1 rings (SSSR count). The summed E-state index contributed by atoms with van der Waals surface area (Å²) in [6, 6.07) is 6.84. The summed E-state index contributed by atoms with van der Waals surface area (Å²) >= 11 is 0. The van der Waals surface area contributed by atoms with Gasteiger partial charge in [0, 0.05) is 18.8 Å². The van der Waals surface area contributed by atoms with Gasteiger partial charge in [0.2, 0.25) is 0 Å². The minimum atomic E-state index is -0.889.